The van der Waals surface area contributed by atoms with E-state index in [9.17, 15) is 8.78 Å². The Hall–Kier alpha value is -1.97. The highest BCUT2D eigenvalue weighted by atomic mass is 127. The number of guanidine groups is 1. The molecule has 1 heterocycles. The Labute approximate surface area is 156 Å². The van der Waals surface area contributed by atoms with Crippen molar-refractivity contribution >= 4 is 35.6 Å². The fourth-order valence-electron chi connectivity index (χ4n) is 1.89. The Kier molecular flexibility index (Phi) is 7.83. The van der Waals surface area contributed by atoms with Crippen molar-refractivity contribution in [2.45, 2.75) is 27.0 Å². The number of nitrogens with two attached hydrogens (primary N) is 1. The zero-order valence-corrected chi connectivity index (χ0v) is 15.6. The number of alkyl halides is 2. The van der Waals surface area contributed by atoms with Crippen LogP contribution in [0.5, 0.6) is 5.88 Å². The molecule has 0 saturated carbocycles. The van der Waals surface area contributed by atoms with Crippen molar-refractivity contribution in [1.29, 1.82) is 0 Å². The van der Waals surface area contributed by atoms with Crippen LogP contribution in [0.4, 0.5) is 14.5 Å². The second-order valence-electron chi connectivity index (χ2n) is 5.01. The summed E-state index contributed by atoms with van der Waals surface area (Å²) in [6.45, 7) is 1.36. The number of ether oxygens (including phenoxy) is 1. The maximum atomic E-state index is 12.1. The van der Waals surface area contributed by atoms with Gasteiger partial charge in [0.15, 0.2) is 5.96 Å². The molecule has 8 heteroatoms. The highest BCUT2D eigenvalue weighted by Crippen LogP contribution is 2.15. The van der Waals surface area contributed by atoms with Crippen LogP contribution in [-0.2, 0) is 6.54 Å². The molecule has 0 atom stereocenters. The minimum Gasteiger partial charge on any atom is -0.417 e. The molecule has 0 radical (unpaired) electrons. The number of rotatable bonds is 5. The smallest absolute Gasteiger partial charge is 0.388 e. The molecule has 0 aliphatic carbocycles. The zero-order valence-electron chi connectivity index (χ0n) is 13.3. The molecule has 0 fully saturated rings. The minimum atomic E-state index is -2.90. The first kappa shape index (κ1) is 20.1. The van der Waals surface area contributed by atoms with Gasteiger partial charge in [0, 0.05) is 18.0 Å². The molecule has 0 spiro atoms. The summed E-state index contributed by atoms with van der Waals surface area (Å²) in [7, 11) is 0. The van der Waals surface area contributed by atoms with Crippen LogP contribution in [0, 0.1) is 13.8 Å². The molecule has 0 saturated heterocycles. The Morgan fingerprint density at radius 1 is 1.25 bits per heavy atom. The predicted octanol–water partition coefficient (Wildman–Crippen LogP) is 3.84. The van der Waals surface area contributed by atoms with Gasteiger partial charge in [0.2, 0.25) is 5.88 Å². The fraction of sp³-hybridized carbons (Fsp3) is 0.250. The van der Waals surface area contributed by atoms with Gasteiger partial charge < -0.3 is 15.8 Å². The Morgan fingerprint density at radius 3 is 2.67 bits per heavy atom. The Balaban J connectivity index is 0.00000288. The first-order chi connectivity index (χ1) is 10.9. The highest BCUT2D eigenvalue weighted by molar-refractivity contribution is 14.0. The number of aliphatic imine (C=N–C) groups is 1. The predicted molar refractivity (Wildman–Crippen MR) is 101 cm³/mol. The normalized spacial score (nSPS) is 11.1. The third-order valence-electron chi connectivity index (χ3n) is 3.22. The van der Waals surface area contributed by atoms with Crippen LogP contribution in [0.15, 0.2) is 41.5 Å². The molecular weight excluding hydrogens is 429 g/mol. The van der Waals surface area contributed by atoms with Gasteiger partial charge >= 0.3 is 6.61 Å². The molecule has 5 nitrogen and oxygen atoms in total. The van der Waals surface area contributed by atoms with E-state index in [1.165, 1.54) is 17.8 Å². The topological polar surface area (TPSA) is 72.5 Å². The van der Waals surface area contributed by atoms with E-state index in [4.69, 9.17) is 5.73 Å². The first-order valence-electron chi connectivity index (χ1n) is 6.98. The third kappa shape index (κ3) is 6.26. The fourth-order valence-corrected chi connectivity index (χ4v) is 1.89. The van der Waals surface area contributed by atoms with Crippen molar-refractivity contribution < 1.29 is 13.5 Å². The molecule has 0 bridgehead atoms. The highest BCUT2D eigenvalue weighted by Gasteiger charge is 2.06. The summed E-state index contributed by atoms with van der Waals surface area (Å²) in [4.78, 5) is 7.87. The number of hydrogen-bond acceptors (Lipinski definition) is 3. The molecule has 0 aliphatic rings. The number of hydrogen-bond donors (Lipinski definition) is 2. The van der Waals surface area contributed by atoms with Crippen molar-refractivity contribution in [2.75, 3.05) is 5.32 Å². The van der Waals surface area contributed by atoms with E-state index in [2.05, 4.69) is 20.0 Å². The summed E-state index contributed by atoms with van der Waals surface area (Å²) in [5.74, 6) is 0.0924. The van der Waals surface area contributed by atoms with Gasteiger partial charge in [-0.3, -0.25) is 0 Å². The zero-order chi connectivity index (χ0) is 16.8. The van der Waals surface area contributed by atoms with E-state index in [0.29, 0.717) is 5.56 Å². The molecule has 0 unspecified atom stereocenters. The summed E-state index contributed by atoms with van der Waals surface area (Å²) < 4.78 is 28.5. The van der Waals surface area contributed by atoms with Crippen LogP contribution < -0.4 is 15.8 Å². The third-order valence-corrected chi connectivity index (χ3v) is 3.22. The van der Waals surface area contributed by atoms with Gasteiger partial charge in [0.1, 0.15) is 0 Å². The lowest BCUT2D eigenvalue weighted by Gasteiger charge is -2.08. The van der Waals surface area contributed by atoms with E-state index < -0.39 is 6.61 Å². The number of nitrogens with zero attached hydrogens (tertiary/aromatic N) is 2. The minimum absolute atomic E-state index is 0. The lowest BCUT2D eigenvalue weighted by Crippen LogP contribution is -2.22. The van der Waals surface area contributed by atoms with Crippen molar-refractivity contribution in [3.8, 4) is 5.88 Å². The number of aryl methyl sites for hydroxylation is 2. The second-order valence-corrected chi connectivity index (χ2v) is 5.01. The molecule has 3 N–H and O–H groups in total. The molecule has 0 aliphatic heterocycles. The van der Waals surface area contributed by atoms with Gasteiger partial charge in [-0.1, -0.05) is 6.07 Å². The molecule has 2 rings (SSSR count). The van der Waals surface area contributed by atoms with Crippen LogP contribution in [0.3, 0.4) is 0 Å². The van der Waals surface area contributed by atoms with Gasteiger partial charge in [-0.2, -0.15) is 8.78 Å². The number of anilines is 1. The molecule has 1 aromatic carbocycles. The SMILES string of the molecule is Cc1ccc(NC(N)=NCc2ccnc(OC(F)F)c2)cc1C.I. The van der Waals surface area contributed by atoms with E-state index in [1.807, 2.05) is 32.0 Å². The van der Waals surface area contributed by atoms with Crippen LogP contribution >= 0.6 is 24.0 Å². The van der Waals surface area contributed by atoms with Crippen molar-refractivity contribution in [2.24, 2.45) is 10.7 Å². The summed E-state index contributed by atoms with van der Waals surface area (Å²) >= 11 is 0. The summed E-state index contributed by atoms with van der Waals surface area (Å²) in [6, 6.07) is 8.93. The summed E-state index contributed by atoms with van der Waals surface area (Å²) in [5.41, 5.74) is 9.67. The maximum Gasteiger partial charge on any atom is 0.388 e. The molecule has 130 valence electrons. The first-order valence-corrected chi connectivity index (χ1v) is 6.98. The monoisotopic (exact) mass is 448 g/mol. The maximum absolute atomic E-state index is 12.1. The van der Waals surface area contributed by atoms with Crippen molar-refractivity contribution in [1.82, 2.24) is 4.98 Å². The lowest BCUT2D eigenvalue weighted by atomic mass is 10.1. The summed E-state index contributed by atoms with van der Waals surface area (Å²) in [6.07, 6.45) is 1.38. The number of halogens is 3. The van der Waals surface area contributed by atoms with Gasteiger partial charge in [-0.15, -0.1) is 24.0 Å². The van der Waals surface area contributed by atoms with Crippen LogP contribution in [-0.4, -0.2) is 17.6 Å². The number of nitrogens with one attached hydrogen (secondary N) is 1. The number of aromatic nitrogens is 1. The van der Waals surface area contributed by atoms with Crippen molar-refractivity contribution in [3.63, 3.8) is 0 Å². The lowest BCUT2D eigenvalue weighted by molar-refractivity contribution is -0.0528. The number of pyridine rings is 1. The quantitative estimate of drug-likeness (QED) is 0.414. The summed E-state index contributed by atoms with van der Waals surface area (Å²) in [5, 5.41) is 2.99. The average Bonchev–Trinajstić information content (AvgIpc) is 2.49. The standard InChI is InChI=1S/C16H18F2N4O.HI/c1-10-3-4-13(7-11(10)2)22-16(19)21-9-12-5-6-20-14(8-12)23-15(17)18;/h3-8,15H,9H2,1-2H3,(H3,19,21,22);1H. The Bertz CT molecular complexity index is 710. The molecule has 2 aromatic rings. The van der Waals surface area contributed by atoms with Gasteiger partial charge in [-0.25, -0.2) is 9.98 Å². The van der Waals surface area contributed by atoms with Gasteiger partial charge in [-0.05, 0) is 48.7 Å². The van der Waals surface area contributed by atoms with E-state index in [1.54, 1.807) is 6.07 Å². The molecule has 0 amide bonds. The van der Waals surface area contributed by atoms with Gasteiger partial charge in [0.25, 0.3) is 0 Å². The second kappa shape index (κ2) is 9.36. The Morgan fingerprint density at radius 2 is 2.00 bits per heavy atom. The molecular formula is C16H19F2IN4O. The largest absolute Gasteiger partial charge is 0.417 e. The van der Waals surface area contributed by atoms with Gasteiger partial charge in [0.05, 0.1) is 6.54 Å². The van der Waals surface area contributed by atoms with Crippen molar-refractivity contribution in [3.05, 3.63) is 53.2 Å². The number of benzene rings is 1. The van der Waals surface area contributed by atoms with Crippen LogP contribution in [0.1, 0.15) is 16.7 Å². The van der Waals surface area contributed by atoms with E-state index in [0.717, 1.165) is 11.3 Å². The van der Waals surface area contributed by atoms with Crippen LogP contribution in [0.2, 0.25) is 0 Å². The molecule has 24 heavy (non-hydrogen) atoms. The van der Waals surface area contributed by atoms with E-state index >= 15 is 0 Å². The molecule has 1 aromatic heterocycles. The average molecular weight is 448 g/mol. The van der Waals surface area contributed by atoms with Crippen LogP contribution in [0.25, 0.3) is 0 Å². The van der Waals surface area contributed by atoms with E-state index in [-0.39, 0.29) is 42.4 Å².